The molecule has 0 aliphatic rings. The van der Waals surface area contributed by atoms with Gasteiger partial charge in [0.25, 0.3) is 0 Å². The van der Waals surface area contributed by atoms with Crippen LogP contribution in [0.15, 0.2) is 72.1 Å². The number of nitrogens with zero attached hydrogens (tertiary/aromatic N) is 3. The summed E-state index contributed by atoms with van der Waals surface area (Å²) in [5, 5.41) is 6.93. The lowest BCUT2D eigenvalue weighted by molar-refractivity contribution is 0.317. The highest BCUT2D eigenvalue weighted by Gasteiger charge is 2.07. The van der Waals surface area contributed by atoms with Crippen LogP contribution in [-0.4, -0.2) is 22.5 Å². The van der Waals surface area contributed by atoms with Gasteiger partial charge < -0.3 is 4.74 Å². The standard InChI is InChI=1S/C21H19N3O/c1-2-13-25-21-12-11-16-7-3-4-8-17(16)18(21)14-23-24-15-22-19-9-5-6-10-20(19)24/h3-12,14-15H,2,13H2,1H3/b23-14-. The topological polar surface area (TPSA) is 39.4 Å². The summed E-state index contributed by atoms with van der Waals surface area (Å²) < 4.78 is 7.73. The Morgan fingerprint density at radius 3 is 2.80 bits per heavy atom. The van der Waals surface area contributed by atoms with E-state index in [1.807, 2.05) is 48.7 Å². The van der Waals surface area contributed by atoms with Crippen molar-refractivity contribution >= 4 is 28.0 Å². The van der Waals surface area contributed by atoms with Gasteiger partial charge in [-0.3, -0.25) is 0 Å². The molecule has 0 unspecified atom stereocenters. The molecule has 0 N–H and O–H groups in total. The summed E-state index contributed by atoms with van der Waals surface area (Å²) in [5.41, 5.74) is 2.90. The van der Waals surface area contributed by atoms with Crippen molar-refractivity contribution in [2.75, 3.05) is 6.61 Å². The Kier molecular flexibility index (Phi) is 4.17. The fourth-order valence-electron chi connectivity index (χ4n) is 2.90. The van der Waals surface area contributed by atoms with Crippen LogP contribution in [0.4, 0.5) is 0 Å². The van der Waals surface area contributed by atoms with Crippen LogP contribution in [0.25, 0.3) is 21.8 Å². The number of ether oxygens (including phenoxy) is 1. The van der Waals surface area contributed by atoms with E-state index in [-0.39, 0.29) is 0 Å². The van der Waals surface area contributed by atoms with E-state index in [9.17, 15) is 0 Å². The van der Waals surface area contributed by atoms with E-state index in [0.717, 1.165) is 34.2 Å². The minimum Gasteiger partial charge on any atom is -0.493 e. The van der Waals surface area contributed by atoms with Gasteiger partial charge in [0.2, 0.25) is 0 Å². The fourth-order valence-corrected chi connectivity index (χ4v) is 2.90. The number of benzene rings is 3. The Bertz CT molecular complexity index is 1050. The van der Waals surface area contributed by atoms with Crippen LogP contribution < -0.4 is 4.74 Å². The molecule has 1 heterocycles. The Morgan fingerprint density at radius 1 is 1.04 bits per heavy atom. The first-order chi connectivity index (χ1) is 12.4. The number of fused-ring (bicyclic) bond motifs is 2. The summed E-state index contributed by atoms with van der Waals surface area (Å²) in [6, 6.07) is 20.3. The molecule has 25 heavy (non-hydrogen) atoms. The van der Waals surface area contributed by atoms with E-state index in [0.29, 0.717) is 6.61 Å². The fraction of sp³-hybridized carbons (Fsp3) is 0.143. The second-order valence-electron chi connectivity index (χ2n) is 5.87. The van der Waals surface area contributed by atoms with Crippen molar-refractivity contribution in [3.05, 3.63) is 72.6 Å². The van der Waals surface area contributed by atoms with Crippen LogP contribution in [0.1, 0.15) is 18.9 Å². The molecule has 4 aromatic rings. The maximum Gasteiger partial charge on any atom is 0.128 e. The predicted molar refractivity (Wildman–Crippen MR) is 102 cm³/mol. The lowest BCUT2D eigenvalue weighted by atomic mass is 10.0. The minimum atomic E-state index is 0.688. The van der Waals surface area contributed by atoms with E-state index in [4.69, 9.17) is 4.74 Å². The molecule has 0 fully saturated rings. The van der Waals surface area contributed by atoms with Crippen molar-refractivity contribution in [2.45, 2.75) is 13.3 Å². The van der Waals surface area contributed by atoms with Gasteiger partial charge in [0, 0.05) is 5.56 Å². The molecular weight excluding hydrogens is 310 g/mol. The average Bonchev–Trinajstić information content (AvgIpc) is 3.08. The number of rotatable bonds is 5. The molecule has 3 aromatic carbocycles. The first-order valence-corrected chi connectivity index (χ1v) is 8.48. The lowest BCUT2D eigenvalue weighted by Gasteiger charge is -2.11. The Balaban J connectivity index is 1.81. The van der Waals surface area contributed by atoms with Gasteiger partial charge in [-0.25, -0.2) is 9.66 Å². The molecule has 0 amide bonds. The summed E-state index contributed by atoms with van der Waals surface area (Å²) in [6.45, 7) is 2.79. The summed E-state index contributed by atoms with van der Waals surface area (Å²) >= 11 is 0. The van der Waals surface area contributed by atoms with Gasteiger partial charge in [0.15, 0.2) is 0 Å². The quantitative estimate of drug-likeness (QED) is 0.490. The van der Waals surface area contributed by atoms with Crippen LogP contribution in [0.5, 0.6) is 5.75 Å². The number of imidazole rings is 1. The Morgan fingerprint density at radius 2 is 1.88 bits per heavy atom. The minimum absolute atomic E-state index is 0.688. The highest BCUT2D eigenvalue weighted by Crippen LogP contribution is 2.27. The van der Waals surface area contributed by atoms with Crippen molar-refractivity contribution in [1.82, 2.24) is 9.66 Å². The van der Waals surface area contributed by atoms with Crippen LogP contribution in [0.3, 0.4) is 0 Å². The molecule has 124 valence electrons. The maximum absolute atomic E-state index is 5.94. The summed E-state index contributed by atoms with van der Waals surface area (Å²) in [4.78, 5) is 4.38. The van der Waals surface area contributed by atoms with Crippen LogP contribution in [0, 0.1) is 0 Å². The highest BCUT2D eigenvalue weighted by molar-refractivity contribution is 6.02. The first-order valence-electron chi connectivity index (χ1n) is 8.48. The molecular formula is C21H19N3O. The molecule has 1 aromatic heterocycles. The number of hydrogen-bond donors (Lipinski definition) is 0. The molecule has 0 aliphatic carbocycles. The van der Waals surface area contributed by atoms with Crippen molar-refractivity contribution in [3.8, 4) is 5.75 Å². The van der Waals surface area contributed by atoms with E-state index in [1.54, 1.807) is 11.0 Å². The first kappa shape index (κ1) is 15.4. The maximum atomic E-state index is 5.94. The molecule has 4 rings (SSSR count). The van der Waals surface area contributed by atoms with Gasteiger partial charge in [-0.2, -0.15) is 5.10 Å². The van der Waals surface area contributed by atoms with E-state index in [1.165, 1.54) is 5.39 Å². The van der Waals surface area contributed by atoms with Gasteiger partial charge in [-0.1, -0.05) is 49.4 Å². The third-order valence-corrected chi connectivity index (χ3v) is 4.14. The molecule has 0 aliphatic heterocycles. The molecule has 4 nitrogen and oxygen atoms in total. The van der Waals surface area contributed by atoms with Crippen LogP contribution in [0.2, 0.25) is 0 Å². The third-order valence-electron chi connectivity index (χ3n) is 4.14. The number of para-hydroxylation sites is 2. The highest BCUT2D eigenvalue weighted by atomic mass is 16.5. The van der Waals surface area contributed by atoms with E-state index < -0.39 is 0 Å². The molecule has 0 atom stereocenters. The summed E-state index contributed by atoms with van der Waals surface area (Å²) in [6.07, 6.45) is 4.57. The molecule has 0 spiro atoms. The van der Waals surface area contributed by atoms with Gasteiger partial charge >= 0.3 is 0 Å². The van der Waals surface area contributed by atoms with Crippen molar-refractivity contribution < 1.29 is 4.74 Å². The largest absolute Gasteiger partial charge is 0.493 e. The average molecular weight is 329 g/mol. The zero-order valence-corrected chi connectivity index (χ0v) is 14.1. The second kappa shape index (κ2) is 6.77. The molecule has 0 radical (unpaired) electrons. The normalized spacial score (nSPS) is 11.6. The summed E-state index contributed by atoms with van der Waals surface area (Å²) in [5.74, 6) is 0.855. The lowest BCUT2D eigenvalue weighted by Crippen LogP contribution is -2.00. The van der Waals surface area contributed by atoms with Crippen LogP contribution >= 0.6 is 0 Å². The van der Waals surface area contributed by atoms with Crippen molar-refractivity contribution in [1.29, 1.82) is 0 Å². The zero-order chi connectivity index (χ0) is 17.1. The van der Waals surface area contributed by atoms with Crippen LogP contribution in [-0.2, 0) is 0 Å². The SMILES string of the molecule is CCCOc1ccc2ccccc2c1/C=N\n1cnc2ccccc21. The van der Waals surface area contributed by atoms with Gasteiger partial charge in [-0.05, 0) is 35.4 Å². The molecule has 0 saturated carbocycles. The molecule has 0 bridgehead atoms. The predicted octanol–water partition coefficient (Wildman–Crippen LogP) is 4.86. The van der Waals surface area contributed by atoms with Gasteiger partial charge in [0.05, 0.1) is 23.9 Å². The number of aromatic nitrogens is 2. The monoisotopic (exact) mass is 329 g/mol. The van der Waals surface area contributed by atoms with Crippen molar-refractivity contribution in [3.63, 3.8) is 0 Å². The third kappa shape index (κ3) is 2.98. The zero-order valence-electron chi connectivity index (χ0n) is 14.1. The smallest absolute Gasteiger partial charge is 0.128 e. The summed E-state index contributed by atoms with van der Waals surface area (Å²) in [7, 11) is 0. The van der Waals surface area contributed by atoms with Gasteiger partial charge in [0.1, 0.15) is 12.1 Å². The van der Waals surface area contributed by atoms with Gasteiger partial charge in [-0.15, -0.1) is 0 Å². The second-order valence-corrected chi connectivity index (χ2v) is 5.87. The Hall–Kier alpha value is -3.14. The Labute approximate surface area is 146 Å². The molecule has 4 heteroatoms. The van der Waals surface area contributed by atoms with Crippen molar-refractivity contribution in [2.24, 2.45) is 5.10 Å². The molecule has 0 saturated heterocycles. The van der Waals surface area contributed by atoms with E-state index in [2.05, 4.69) is 35.2 Å². The van der Waals surface area contributed by atoms with E-state index >= 15 is 0 Å². The number of hydrogen-bond acceptors (Lipinski definition) is 3.